The fourth-order valence-electron chi connectivity index (χ4n) is 1.78. The summed E-state index contributed by atoms with van der Waals surface area (Å²) in [4.78, 5) is 11.2. The van der Waals surface area contributed by atoms with Crippen molar-refractivity contribution < 1.29 is 19.1 Å². The predicted molar refractivity (Wildman–Crippen MR) is 61.8 cm³/mol. The summed E-state index contributed by atoms with van der Waals surface area (Å²) in [6.45, 7) is 0.498. The molecule has 0 amide bonds. The van der Waals surface area contributed by atoms with E-state index in [-0.39, 0.29) is 11.0 Å². The van der Waals surface area contributed by atoms with Crippen molar-refractivity contribution in [3.63, 3.8) is 0 Å². The molecule has 2 aromatic rings. The molecule has 0 saturated carbocycles. The lowest BCUT2D eigenvalue weighted by atomic mass is 10.2. The van der Waals surface area contributed by atoms with E-state index >= 15 is 0 Å². The molecule has 2 N–H and O–H groups in total. The van der Waals surface area contributed by atoms with Crippen molar-refractivity contribution in [3.8, 4) is 5.75 Å². The van der Waals surface area contributed by atoms with Crippen LogP contribution in [0, 0.1) is 0 Å². The molecule has 6 heteroatoms. The first-order valence-electron chi connectivity index (χ1n) is 5.04. The van der Waals surface area contributed by atoms with Gasteiger partial charge < -0.3 is 19.6 Å². The number of hydrogen-bond acceptors (Lipinski definition) is 5. The maximum atomic E-state index is 10.9. The van der Waals surface area contributed by atoms with Gasteiger partial charge in [-0.15, -0.1) is 11.3 Å². The average Bonchev–Trinajstić information content (AvgIpc) is 2.97. The first-order chi connectivity index (χ1) is 8.25. The highest BCUT2D eigenvalue weighted by atomic mass is 32.1. The summed E-state index contributed by atoms with van der Waals surface area (Å²) in [7, 11) is 0. The van der Waals surface area contributed by atoms with Crippen LogP contribution in [0.5, 0.6) is 5.75 Å². The van der Waals surface area contributed by atoms with E-state index in [1.54, 1.807) is 17.7 Å². The predicted octanol–water partition coefficient (Wildman–Crippen LogP) is 2.58. The number of hydrogen-bond donors (Lipinski definition) is 2. The fourth-order valence-corrected chi connectivity index (χ4v) is 2.57. The lowest BCUT2D eigenvalue weighted by Gasteiger charge is -2.24. The van der Waals surface area contributed by atoms with Crippen LogP contribution in [0.3, 0.4) is 0 Å². The van der Waals surface area contributed by atoms with Crippen molar-refractivity contribution >= 4 is 23.0 Å². The molecule has 1 aliphatic heterocycles. The highest BCUT2D eigenvalue weighted by Gasteiger charge is 2.28. The Morgan fingerprint density at radius 2 is 2.47 bits per heavy atom. The Balaban J connectivity index is 1.89. The SMILES string of the molecule is O=C(O)c1scc2c1NCC(c1ccco1)O2. The number of thiophene rings is 1. The zero-order valence-corrected chi connectivity index (χ0v) is 9.49. The molecule has 1 atom stereocenters. The van der Waals surface area contributed by atoms with Gasteiger partial charge in [0, 0.05) is 5.38 Å². The lowest BCUT2D eigenvalue weighted by molar-refractivity contribution is 0.0702. The molecule has 1 unspecified atom stereocenters. The number of rotatable bonds is 2. The van der Waals surface area contributed by atoms with E-state index in [9.17, 15) is 4.79 Å². The highest BCUT2D eigenvalue weighted by Crippen LogP contribution is 2.40. The molecule has 0 saturated heterocycles. The molecular weight excluding hydrogens is 242 g/mol. The van der Waals surface area contributed by atoms with Crippen LogP contribution in [0.1, 0.15) is 21.5 Å². The lowest BCUT2D eigenvalue weighted by Crippen LogP contribution is -2.23. The Morgan fingerprint density at radius 3 is 3.18 bits per heavy atom. The second kappa shape index (κ2) is 3.81. The summed E-state index contributed by atoms with van der Waals surface area (Å²) in [5, 5.41) is 13.7. The molecule has 0 fully saturated rings. The molecule has 2 aromatic heterocycles. The molecule has 3 rings (SSSR count). The maximum absolute atomic E-state index is 10.9. The van der Waals surface area contributed by atoms with Gasteiger partial charge in [-0.05, 0) is 12.1 Å². The van der Waals surface area contributed by atoms with E-state index in [2.05, 4.69) is 5.32 Å². The molecule has 3 heterocycles. The summed E-state index contributed by atoms with van der Waals surface area (Å²) in [6, 6.07) is 3.63. The number of aromatic carboxylic acids is 1. The monoisotopic (exact) mass is 251 g/mol. The molecule has 0 spiro atoms. The van der Waals surface area contributed by atoms with Crippen LogP contribution < -0.4 is 10.1 Å². The van der Waals surface area contributed by atoms with E-state index < -0.39 is 5.97 Å². The van der Waals surface area contributed by atoms with Crippen LogP contribution in [0.2, 0.25) is 0 Å². The first-order valence-corrected chi connectivity index (χ1v) is 5.92. The number of nitrogens with one attached hydrogen (secondary N) is 1. The number of carboxylic acids is 1. The standard InChI is InChI=1S/C11H9NO4S/c13-11(14)10-9-8(5-17-10)16-7(4-12-9)6-2-1-3-15-6/h1-3,5,7,12H,4H2,(H,13,14). The number of carbonyl (C=O) groups is 1. The van der Waals surface area contributed by atoms with Crippen molar-refractivity contribution in [2.24, 2.45) is 0 Å². The van der Waals surface area contributed by atoms with Crippen LogP contribution in [0.25, 0.3) is 0 Å². The third kappa shape index (κ3) is 1.66. The Hall–Kier alpha value is -1.95. The van der Waals surface area contributed by atoms with Crippen LogP contribution in [0.15, 0.2) is 28.2 Å². The number of ether oxygens (including phenoxy) is 1. The van der Waals surface area contributed by atoms with Gasteiger partial charge in [0.05, 0.1) is 12.8 Å². The van der Waals surface area contributed by atoms with Gasteiger partial charge in [-0.3, -0.25) is 0 Å². The van der Waals surface area contributed by atoms with Gasteiger partial charge >= 0.3 is 5.97 Å². The Morgan fingerprint density at radius 1 is 1.59 bits per heavy atom. The van der Waals surface area contributed by atoms with E-state index in [1.165, 1.54) is 0 Å². The highest BCUT2D eigenvalue weighted by molar-refractivity contribution is 7.13. The van der Waals surface area contributed by atoms with Crippen LogP contribution in [-0.4, -0.2) is 17.6 Å². The number of anilines is 1. The largest absolute Gasteiger partial charge is 0.478 e. The van der Waals surface area contributed by atoms with Crippen LogP contribution in [-0.2, 0) is 0 Å². The Labute approximate surface area is 101 Å². The summed E-state index contributed by atoms with van der Waals surface area (Å²) >= 11 is 1.16. The molecule has 0 aliphatic carbocycles. The van der Waals surface area contributed by atoms with Gasteiger partial charge in [0.2, 0.25) is 0 Å². The van der Waals surface area contributed by atoms with Crippen LogP contribution in [0.4, 0.5) is 5.69 Å². The average molecular weight is 251 g/mol. The molecule has 0 aromatic carbocycles. The van der Waals surface area contributed by atoms with Gasteiger partial charge in [-0.1, -0.05) is 0 Å². The zero-order valence-electron chi connectivity index (χ0n) is 8.67. The van der Waals surface area contributed by atoms with Crippen molar-refractivity contribution in [2.75, 3.05) is 11.9 Å². The molecular formula is C11H9NO4S. The number of carboxylic acid groups (broad SMARTS) is 1. The van der Waals surface area contributed by atoms with Gasteiger partial charge in [0.25, 0.3) is 0 Å². The van der Waals surface area contributed by atoms with Crippen LogP contribution >= 0.6 is 11.3 Å². The molecule has 17 heavy (non-hydrogen) atoms. The number of furan rings is 1. The smallest absolute Gasteiger partial charge is 0.348 e. The minimum atomic E-state index is -0.941. The summed E-state index contributed by atoms with van der Waals surface area (Å²) in [5.74, 6) is 0.357. The summed E-state index contributed by atoms with van der Waals surface area (Å²) < 4.78 is 11.0. The third-order valence-electron chi connectivity index (χ3n) is 2.55. The summed E-state index contributed by atoms with van der Waals surface area (Å²) in [5.41, 5.74) is 0.560. The molecule has 0 radical (unpaired) electrons. The van der Waals surface area contributed by atoms with Crippen molar-refractivity contribution in [1.29, 1.82) is 0 Å². The van der Waals surface area contributed by atoms with Crippen molar-refractivity contribution in [1.82, 2.24) is 0 Å². The van der Waals surface area contributed by atoms with E-state index in [0.29, 0.717) is 18.0 Å². The van der Waals surface area contributed by atoms with Gasteiger partial charge in [-0.2, -0.15) is 0 Å². The van der Waals surface area contributed by atoms with Crippen molar-refractivity contribution in [3.05, 3.63) is 34.4 Å². The Bertz CT molecular complexity index is 546. The molecule has 88 valence electrons. The zero-order chi connectivity index (χ0) is 11.8. The topological polar surface area (TPSA) is 71.7 Å². The van der Waals surface area contributed by atoms with E-state index in [1.807, 2.05) is 6.07 Å². The van der Waals surface area contributed by atoms with E-state index in [4.69, 9.17) is 14.3 Å². The van der Waals surface area contributed by atoms with Gasteiger partial charge in [-0.25, -0.2) is 4.79 Å². The summed E-state index contributed by atoms with van der Waals surface area (Å²) in [6.07, 6.45) is 1.37. The van der Waals surface area contributed by atoms with Gasteiger partial charge in [0.15, 0.2) is 11.9 Å². The van der Waals surface area contributed by atoms with Gasteiger partial charge in [0.1, 0.15) is 16.3 Å². The first kappa shape index (κ1) is 10.2. The normalized spacial score (nSPS) is 18.0. The minimum Gasteiger partial charge on any atom is -0.478 e. The minimum absolute atomic E-state index is 0.214. The number of fused-ring (bicyclic) bond motifs is 1. The Kier molecular flexibility index (Phi) is 2.29. The quantitative estimate of drug-likeness (QED) is 0.858. The maximum Gasteiger partial charge on any atom is 0.348 e. The van der Waals surface area contributed by atoms with E-state index in [0.717, 1.165) is 17.1 Å². The second-order valence-electron chi connectivity index (χ2n) is 3.61. The van der Waals surface area contributed by atoms with Crippen molar-refractivity contribution in [2.45, 2.75) is 6.10 Å². The molecule has 0 bridgehead atoms. The second-order valence-corrected chi connectivity index (χ2v) is 4.49. The third-order valence-corrected chi connectivity index (χ3v) is 3.49. The fraction of sp³-hybridized carbons (Fsp3) is 0.182. The molecule has 5 nitrogen and oxygen atoms in total. The molecule has 1 aliphatic rings.